The van der Waals surface area contributed by atoms with Crippen molar-refractivity contribution in [3.63, 3.8) is 0 Å². The van der Waals surface area contributed by atoms with E-state index in [0.717, 1.165) is 31.8 Å². The number of halogens is 1. The number of amides is 1. The summed E-state index contributed by atoms with van der Waals surface area (Å²) < 4.78 is 2.17. The summed E-state index contributed by atoms with van der Waals surface area (Å²) in [5, 5.41) is 0.398. The molecule has 2 aromatic rings. The maximum Gasteiger partial charge on any atom is 0.255 e. The Kier molecular flexibility index (Phi) is 3.92. The van der Waals surface area contributed by atoms with Crippen molar-refractivity contribution in [3.05, 3.63) is 47.3 Å². The Labute approximate surface area is 128 Å². The van der Waals surface area contributed by atoms with Gasteiger partial charge in [-0.15, -0.1) is 0 Å². The summed E-state index contributed by atoms with van der Waals surface area (Å²) in [7, 11) is 1.82. The van der Waals surface area contributed by atoms with Crippen molar-refractivity contribution in [2.75, 3.05) is 13.6 Å². The van der Waals surface area contributed by atoms with Crippen LogP contribution in [-0.2, 0) is 13.0 Å². The molecule has 21 heavy (non-hydrogen) atoms. The van der Waals surface area contributed by atoms with Gasteiger partial charge in [0, 0.05) is 51.3 Å². The van der Waals surface area contributed by atoms with Crippen molar-refractivity contribution in [2.45, 2.75) is 19.4 Å². The molecule has 6 heteroatoms. The highest BCUT2D eigenvalue weighted by Gasteiger charge is 2.23. The number of aryl methyl sites for hydroxylation is 1. The van der Waals surface area contributed by atoms with Crippen molar-refractivity contribution in [2.24, 2.45) is 5.92 Å². The Bertz CT molecular complexity index is 655. The number of rotatable bonds is 3. The fourth-order valence-electron chi connectivity index (χ4n) is 2.81. The van der Waals surface area contributed by atoms with Crippen LogP contribution in [0.25, 0.3) is 0 Å². The van der Waals surface area contributed by atoms with Gasteiger partial charge in [-0.05, 0) is 18.4 Å². The highest BCUT2D eigenvalue weighted by molar-refractivity contribution is 6.33. The summed E-state index contributed by atoms with van der Waals surface area (Å²) in [6.07, 6.45) is 8.95. The predicted octanol–water partition coefficient (Wildman–Crippen LogP) is 2.27. The van der Waals surface area contributed by atoms with Crippen molar-refractivity contribution < 1.29 is 4.79 Å². The molecule has 0 N–H and O–H groups in total. The van der Waals surface area contributed by atoms with E-state index < -0.39 is 0 Å². The maximum absolute atomic E-state index is 12.4. The average molecular weight is 305 g/mol. The summed E-state index contributed by atoms with van der Waals surface area (Å²) in [5.74, 6) is 1.53. The van der Waals surface area contributed by atoms with E-state index in [9.17, 15) is 4.79 Å². The van der Waals surface area contributed by atoms with Gasteiger partial charge in [0.25, 0.3) is 5.91 Å². The molecule has 0 radical (unpaired) electrons. The number of imidazole rings is 1. The molecule has 5 nitrogen and oxygen atoms in total. The SMILES string of the molecule is CN(C[C@H]1CCc2nccn2C1)C(=O)c1ccncc1Cl. The minimum absolute atomic E-state index is 0.0566. The molecule has 0 bridgehead atoms. The number of carbonyl (C=O) groups excluding carboxylic acids is 1. The lowest BCUT2D eigenvalue weighted by Crippen LogP contribution is -2.35. The third-order valence-electron chi connectivity index (χ3n) is 3.91. The van der Waals surface area contributed by atoms with Gasteiger partial charge in [0.1, 0.15) is 5.82 Å². The second-order valence-electron chi connectivity index (χ2n) is 5.44. The zero-order valence-electron chi connectivity index (χ0n) is 11.9. The Hall–Kier alpha value is -1.88. The zero-order chi connectivity index (χ0) is 14.8. The van der Waals surface area contributed by atoms with Crippen LogP contribution in [-0.4, -0.2) is 38.9 Å². The normalized spacial score (nSPS) is 17.3. The van der Waals surface area contributed by atoms with Crippen LogP contribution in [0.2, 0.25) is 5.02 Å². The molecule has 1 atom stereocenters. The third kappa shape index (κ3) is 2.93. The molecule has 1 aliphatic heterocycles. The highest BCUT2D eigenvalue weighted by Crippen LogP contribution is 2.21. The Morgan fingerprint density at radius 1 is 1.52 bits per heavy atom. The van der Waals surface area contributed by atoms with Crippen LogP contribution in [0.15, 0.2) is 30.9 Å². The highest BCUT2D eigenvalue weighted by atomic mass is 35.5. The van der Waals surface area contributed by atoms with Crippen LogP contribution in [0.4, 0.5) is 0 Å². The van der Waals surface area contributed by atoms with Crippen molar-refractivity contribution in [3.8, 4) is 0 Å². The molecule has 3 heterocycles. The van der Waals surface area contributed by atoms with Gasteiger partial charge >= 0.3 is 0 Å². The van der Waals surface area contributed by atoms with Crippen LogP contribution >= 0.6 is 11.6 Å². The van der Waals surface area contributed by atoms with E-state index >= 15 is 0 Å². The molecule has 0 aromatic carbocycles. The second kappa shape index (κ2) is 5.85. The molecule has 1 aliphatic rings. The largest absolute Gasteiger partial charge is 0.341 e. The molecule has 3 rings (SSSR count). The predicted molar refractivity (Wildman–Crippen MR) is 80.2 cm³/mol. The van der Waals surface area contributed by atoms with E-state index in [4.69, 9.17) is 11.6 Å². The molecule has 1 amide bonds. The van der Waals surface area contributed by atoms with Crippen LogP contribution in [0.1, 0.15) is 22.6 Å². The molecule has 0 unspecified atom stereocenters. The van der Waals surface area contributed by atoms with Crippen molar-refractivity contribution >= 4 is 17.5 Å². The Morgan fingerprint density at radius 3 is 3.19 bits per heavy atom. The molecule has 0 spiro atoms. The van der Waals surface area contributed by atoms with E-state index in [2.05, 4.69) is 14.5 Å². The first-order chi connectivity index (χ1) is 10.1. The number of aromatic nitrogens is 3. The quantitative estimate of drug-likeness (QED) is 0.874. The summed E-state index contributed by atoms with van der Waals surface area (Å²) in [5.41, 5.74) is 0.508. The lowest BCUT2D eigenvalue weighted by molar-refractivity contribution is 0.0760. The first-order valence-corrected chi connectivity index (χ1v) is 7.38. The van der Waals surface area contributed by atoms with Gasteiger partial charge in [0.05, 0.1) is 10.6 Å². The van der Waals surface area contributed by atoms with Gasteiger partial charge < -0.3 is 9.47 Å². The Balaban J connectivity index is 1.66. The lowest BCUT2D eigenvalue weighted by atomic mass is 9.98. The van der Waals surface area contributed by atoms with Crippen molar-refractivity contribution in [1.29, 1.82) is 0 Å². The molecule has 2 aromatic heterocycles. The van der Waals surface area contributed by atoms with E-state index in [0.29, 0.717) is 16.5 Å². The van der Waals surface area contributed by atoms with Crippen LogP contribution in [0.5, 0.6) is 0 Å². The first kappa shape index (κ1) is 14.1. The number of nitrogens with zero attached hydrogens (tertiary/aromatic N) is 4. The minimum atomic E-state index is -0.0566. The fourth-order valence-corrected chi connectivity index (χ4v) is 3.01. The first-order valence-electron chi connectivity index (χ1n) is 7.00. The number of carbonyl (C=O) groups is 1. The molecule has 0 fully saturated rings. The molecule has 110 valence electrons. The van der Waals surface area contributed by atoms with E-state index in [1.165, 1.54) is 6.20 Å². The zero-order valence-corrected chi connectivity index (χ0v) is 12.6. The van der Waals surface area contributed by atoms with Gasteiger partial charge in [0.2, 0.25) is 0 Å². The maximum atomic E-state index is 12.4. The second-order valence-corrected chi connectivity index (χ2v) is 5.85. The summed E-state index contributed by atoms with van der Waals surface area (Å²) in [6.45, 7) is 1.63. The van der Waals surface area contributed by atoms with Crippen LogP contribution in [0.3, 0.4) is 0 Å². The number of pyridine rings is 1. The monoisotopic (exact) mass is 304 g/mol. The van der Waals surface area contributed by atoms with E-state index in [1.54, 1.807) is 17.2 Å². The average Bonchev–Trinajstić information content (AvgIpc) is 2.94. The summed E-state index contributed by atoms with van der Waals surface area (Å²) in [6, 6.07) is 1.66. The minimum Gasteiger partial charge on any atom is -0.341 e. The summed E-state index contributed by atoms with van der Waals surface area (Å²) >= 11 is 6.04. The molecular weight excluding hydrogens is 288 g/mol. The number of hydrogen-bond donors (Lipinski definition) is 0. The lowest BCUT2D eigenvalue weighted by Gasteiger charge is -2.28. The number of fused-ring (bicyclic) bond motifs is 1. The standard InChI is InChI=1S/C15H17ClN4O/c1-19(15(21)12-4-5-17-8-13(12)16)9-11-2-3-14-18-6-7-20(14)10-11/h4-8,11H,2-3,9-10H2,1H3/t11-/m1/s1. The van der Waals surface area contributed by atoms with Gasteiger partial charge in [-0.3, -0.25) is 9.78 Å². The Morgan fingerprint density at radius 2 is 2.38 bits per heavy atom. The van der Waals surface area contributed by atoms with E-state index in [1.807, 2.05) is 19.4 Å². The van der Waals surface area contributed by atoms with Gasteiger partial charge in [0.15, 0.2) is 0 Å². The molecular formula is C15H17ClN4O. The van der Waals surface area contributed by atoms with Gasteiger partial charge in [-0.25, -0.2) is 4.98 Å². The van der Waals surface area contributed by atoms with E-state index in [-0.39, 0.29) is 5.91 Å². The molecule has 0 aliphatic carbocycles. The smallest absolute Gasteiger partial charge is 0.255 e. The third-order valence-corrected chi connectivity index (χ3v) is 4.22. The number of hydrogen-bond acceptors (Lipinski definition) is 3. The van der Waals surface area contributed by atoms with Crippen LogP contribution < -0.4 is 0 Å². The van der Waals surface area contributed by atoms with Gasteiger partial charge in [-0.1, -0.05) is 11.6 Å². The molecule has 0 saturated heterocycles. The summed E-state index contributed by atoms with van der Waals surface area (Å²) in [4.78, 5) is 22.4. The van der Waals surface area contributed by atoms with Crippen LogP contribution in [0, 0.1) is 5.92 Å². The van der Waals surface area contributed by atoms with Gasteiger partial charge in [-0.2, -0.15) is 0 Å². The topological polar surface area (TPSA) is 51.0 Å². The fraction of sp³-hybridized carbons (Fsp3) is 0.400. The van der Waals surface area contributed by atoms with Crippen molar-refractivity contribution in [1.82, 2.24) is 19.4 Å². The molecule has 0 saturated carbocycles.